The van der Waals surface area contributed by atoms with Crippen molar-refractivity contribution in [2.24, 2.45) is 0 Å². The van der Waals surface area contributed by atoms with Crippen LogP contribution in [-0.4, -0.2) is 64.4 Å². The maximum absolute atomic E-state index is 14.4. The van der Waals surface area contributed by atoms with Crippen LogP contribution in [0.5, 0.6) is 0 Å². The van der Waals surface area contributed by atoms with Gasteiger partial charge in [0.15, 0.2) is 0 Å². The second-order valence-corrected chi connectivity index (χ2v) is 6.40. The molecule has 1 aromatic carbocycles. The summed E-state index contributed by atoms with van der Waals surface area (Å²) in [6.07, 6.45) is 2.21. The van der Waals surface area contributed by atoms with E-state index in [0.29, 0.717) is 6.04 Å². The first-order valence-electron chi connectivity index (χ1n) is 8.19. The number of anilines is 2. The fourth-order valence-electron chi connectivity index (χ4n) is 3.44. The second-order valence-electron chi connectivity index (χ2n) is 6.40. The largest absolute Gasteiger partial charge is 0.379 e. The van der Waals surface area contributed by atoms with Crippen LogP contribution >= 0.6 is 0 Å². The zero-order chi connectivity index (χ0) is 15.5. The van der Waals surface area contributed by atoms with Crippen LogP contribution in [0.4, 0.5) is 15.8 Å². The Morgan fingerprint density at radius 2 is 1.77 bits per heavy atom. The summed E-state index contributed by atoms with van der Waals surface area (Å²) in [5.74, 6) is -0.115. The molecule has 122 valence electrons. The average molecular weight is 307 g/mol. The molecule has 5 heteroatoms. The Bertz CT molecular complexity index is 495. The van der Waals surface area contributed by atoms with Crippen LogP contribution in [0.2, 0.25) is 0 Å². The number of ether oxygens (including phenoxy) is 1. The van der Waals surface area contributed by atoms with E-state index >= 15 is 0 Å². The molecule has 0 spiro atoms. The smallest absolute Gasteiger partial charge is 0.148 e. The Morgan fingerprint density at radius 1 is 1.09 bits per heavy atom. The molecule has 0 aliphatic carbocycles. The van der Waals surface area contributed by atoms with Crippen LogP contribution in [0.25, 0.3) is 0 Å². The van der Waals surface area contributed by atoms with Crippen LogP contribution in [0.1, 0.15) is 12.8 Å². The van der Waals surface area contributed by atoms with Crippen molar-refractivity contribution in [2.45, 2.75) is 18.9 Å². The minimum absolute atomic E-state index is 0.115. The molecule has 0 unspecified atom stereocenters. The quantitative estimate of drug-likeness (QED) is 0.852. The Balaban J connectivity index is 1.61. The van der Waals surface area contributed by atoms with Gasteiger partial charge in [-0.3, -0.25) is 4.90 Å². The summed E-state index contributed by atoms with van der Waals surface area (Å²) in [4.78, 5) is 6.65. The van der Waals surface area contributed by atoms with Gasteiger partial charge in [0.1, 0.15) is 5.82 Å². The minimum Gasteiger partial charge on any atom is -0.379 e. The van der Waals surface area contributed by atoms with E-state index in [2.05, 4.69) is 9.80 Å². The Kier molecular flexibility index (Phi) is 4.84. The van der Waals surface area contributed by atoms with Gasteiger partial charge in [-0.2, -0.15) is 0 Å². The van der Waals surface area contributed by atoms with E-state index in [-0.39, 0.29) is 5.82 Å². The molecule has 0 atom stereocenters. The molecule has 2 aliphatic rings. The molecule has 2 aliphatic heterocycles. The molecule has 22 heavy (non-hydrogen) atoms. The molecule has 0 N–H and O–H groups in total. The van der Waals surface area contributed by atoms with E-state index in [0.717, 1.165) is 63.6 Å². The predicted molar refractivity (Wildman–Crippen MR) is 88.4 cm³/mol. The molecule has 0 radical (unpaired) electrons. The van der Waals surface area contributed by atoms with Gasteiger partial charge < -0.3 is 14.5 Å². The highest BCUT2D eigenvalue weighted by Crippen LogP contribution is 2.28. The molecule has 2 fully saturated rings. The molecule has 1 aromatic rings. The van der Waals surface area contributed by atoms with Crippen molar-refractivity contribution in [1.29, 1.82) is 0 Å². The van der Waals surface area contributed by atoms with Gasteiger partial charge in [-0.25, -0.2) is 4.39 Å². The SMILES string of the molecule is CN(C)c1ccc(N2CCC(N3CCOCC3)CC2)c(F)c1. The number of benzene rings is 1. The van der Waals surface area contributed by atoms with Gasteiger partial charge in [-0.1, -0.05) is 0 Å². The van der Waals surface area contributed by atoms with E-state index in [9.17, 15) is 4.39 Å². The summed E-state index contributed by atoms with van der Waals surface area (Å²) in [7, 11) is 3.87. The molecule has 2 heterocycles. The lowest BCUT2D eigenvalue weighted by atomic mass is 10.0. The topological polar surface area (TPSA) is 19.0 Å². The highest BCUT2D eigenvalue weighted by molar-refractivity contribution is 5.57. The van der Waals surface area contributed by atoms with Gasteiger partial charge in [0, 0.05) is 52.0 Å². The van der Waals surface area contributed by atoms with E-state index in [4.69, 9.17) is 4.74 Å². The van der Waals surface area contributed by atoms with Crippen molar-refractivity contribution < 1.29 is 9.13 Å². The maximum atomic E-state index is 14.4. The number of nitrogens with zero attached hydrogens (tertiary/aromatic N) is 3. The van der Waals surface area contributed by atoms with Crippen molar-refractivity contribution in [3.63, 3.8) is 0 Å². The Morgan fingerprint density at radius 3 is 2.36 bits per heavy atom. The Labute approximate surface area is 132 Å². The molecular formula is C17H26FN3O. The first-order chi connectivity index (χ1) is 10.6. The number of rotatable bonds is 3. The number of hydrogen-bond acceptors (Lipinski definition) is 4. The lowest BCUT2D eigenvalue weighted by Gasteiger charge is -2.40. The third kappa shape index (κ3) is 3.36. The van der Waals surface area contributed by atoms with Gasteiger partial charge in [0.05, 0.1) is 18.9 Å². The van der Waals surface area contributed by atoms with Crippen molar-refractivity contribution in [3.8, 4) is 0 Å². The van der Waals surface area contributed by atoms with E-state index in [1.54, 1.807) is 6.07 Å². The predicted octanol–water partition coefficient (Wildman–Crippen LogP) is 2.19. The summed E-state index contributed by atoms with van der Waals surface area (Å²) in [6, 6.07) is 6.17. The summed E-state index contributed by atoms with van der Waals surface area (Å²) in [5, 5.41) is 0. The van der Waals surface area contributed by atoms with Gasteiger partial charge >= 0.3 is 0 Å². The fraction of sp³-hybridized carbons (Fsp3) is 0.647. The maximum Gasteiger partial charge on any atom is 0.148 e. The fourth-order valence-corrected chi connectivity index (χ4v) is 3.44. The molecule has 0 aromatic heterocycles. The standard InChI is InChI=1S/C17H26FN3O/c1-19(2)15-3-4-17(16(18)13-15)21-7-5-14(6-8-21)20-9-11-22-12-10-20/h3-4,13-14H,5-12H2,1-2H3. The van der Waals surface area contributed by atoms with Crippen LogP contribution in [0, 0.1) is 5.82 Å². The van der Waals surface area contributed by atoms with Crippen molar-refractivity contribution >= 4 is 11.4 Å². The van der Waals surface area contributed by atoms with Crippen LogP contribution in [-0.2, 0) is 4.74 Å². The zero-order valence-electron chi connectivity index (χ0n) is 13.6. The lowest BCUT2D eigenvalue weighted by Crippen LogP contribution is -2.49. The zero-order valence-corrected chi connectivity index (χ0v) is 13.6. The molecule has 0 amide bonds. The molecule has 0 saturated carbocycles. The van der Waals surface area contributed by atoms with E-state index in [1.165, 1.54) is 0 Å². The van der Waals surface area contributed by atoms with Crippen LogP contribution in [0.3, 0.4) is 0 Å². The number of halogens is 1. The minimum atomic E-state index is -0.115. The highest BCUT2D eigenvalue weighted by atomic mass is 19.1. The molecule has 0 bridgehead atoms. The first-order valence-corrected chi connectivity index (χ1v) is 8.19. The van der Waals surface area contributed by atoms with E-state index < -0.39 is 0 Å². The second kappa shape index (κ2) is 6.84. The highest BCUT2D eigenvalue weighted by Gasteiger charge is 2.26. The van der Waals surface area contributed by atoms with E-state index in [1.807, 2.05) is 31.1 Å². The van der Waals surface area contributed by atoms with Crippen LogP contribution in [0.15, 0.2) is 18.2 Å². The van der Waals surface area contributed by atoms with Crippen molar-refractivity contribution in [2.75, 3.05) is 63.3 Å². The van der Waals surface area contributed by atoms with Gasteiger partial charge in [0.2, 0.25) is 0 Å². The molecule has 2 saturated heterocycles. The molecular weight excluding hydrogens is 281 g/mol. The average Bonchev–Trinajstić information content (AvgIpc) is 2.56. The van der Waals surface area contributed by atoms with Gasteiger partial charge in [-0.15, -0.1) is 0 Å². The summed E-state index contributed by atoms with van der Waals surface area (Å²) in [5.41, 5.74) is 1.65. The number of piperidine rings is 1. The lowest BCUT2D eigenvalue weighted by molar-refractivity contribution is 0.0115. The molecule has 3 rings (SSSR count). The van der Waals surface area contributed by atoms with Crippen LogP contribution < -0.4 is 9.80 Å². The summed E-state index contributed by atoms with van der Waals surface area (Å²) >= 11 is 0. The first kappa shape index (κ1) is 15.6. The monoisotopic (exact) mass is 307 g/mol. The summed E-state index contributed by atoms with van der Waals surface area (Å²) < 4.78 is 19.8. The third-order valence-corrected chi connectivity index (χ3v) is 4.81. The van der Waals surface area contributed by atoms with Gasteiger partial charge in [-0.05, 0) is 31.0 Å². The number of hydrogen-bond donors (Lipinski definition) is 0. The Hall–Kier alpha value is -1.33. The number of morpholine rings is 1. The van der Waals surface area contributed by atoms with Crippen molar-refractivity contribution in [3.05, 3.63) is 24.0 Å². The third-order valence-electron chi connectivity index (χ3n) is 4.81. The molecule has 4 nitrogen and oxygen atoms in total. The van der Waals surface area contributed by atoms with Gasteiger partial charge in [0.25, 0.3) is 0 Å². The normalized spacial score (nSPS) is 21.1. The van der Waals surface area contributed by atoms with Crippen molar-refractivity contribution in [1.82, 2.24) is 4.90 Å². The summed E-state index contributed by atoms with van der Waals surface area (Å²) in [6.45, 7) is 5.63.